The third kappa shape index (κ3) is 4.17. The lowest BCUT2D eigenvalue weighted by molar-refractivity contribution is -0.127. The molecule has 1 amide bonds. The Morgan fingerprint density at radius 2 is 1.59 bits per heavy atom. The molecule has 1 fully saturated rings. The normalized spacial score (nSPS) is 15.8. The Balaban J connectivity index is 1.44. The fourth-order valence-corrected chi connectivity index (χ4v) is 5.82. The van der Waals surface area contributed by atoms with Crippen LogP contribution in [0, 0.1) is 0 Å². The van der Waals surface area contributed by atoms with Crippen LogP contribution in [0.15, 0.2) is 47.4 Å². The largest absolute Gasteiger partial charge is 0.333 e. The SMILES string of the molecule is CC(C)(C)c1ccc(C(=O)C(=O)N2CCN(S(=O)(=O)c3cccc4nsnc34)CC2)cc1. The maximum Gasteiger partial charge on any atom is 0.295 e. The van der Waals surface area contributed by atoms with Gasteiger partial charge in [-0.1, -0.05) is 51.1 Å². The molecule has 1 aliphatic rings. The lowest BCUT2D eigenvalue weighted by atomic mass is 9.86. The first kappa shape index (κ1) is 22.5. The number of hydrogen-bond acceptors (Lipinski definition) is 7. The minimum absolute atomic E-state index is 0.0493. The van der Waals surface area contributed by atoms with E-state index in [4.69, 9.17) is 0 Å². The molecule has 2 heterocycles. The number of ketones is 1. The number of rotatable bonds is 4. The summed E-state index contributed by atoms with van der Waals surface area (Å²) in [6, 6.07) is 11.9. The van der Waals surface area contributed by atoms with Gasteiger partial charge in [-0.25, -0.2) is 8.42 Å². The van der Waals surface area contributed by atoms with Crippen LogP contribution in [0.25, 0.3) is 11.0 Å². The van der Waals surface area contributed by atoms with Gasteiger partial charge in [0.1, 0.15) is 15.9 Å². The number of fused-ring (bicyclic) bond motifs is 1. The summed E-state index contributed by atoms with van der Waals surface area (Å²) in [5, 5.41) is 0. The molecule has 1 aliphatic heterocycles. The van der Waals surface area contributed by atoms with E-state index in [1.54, 1.807) is 24.3 Å². The predicted octanol–water partition coefficient (Wildman–Crippen LogP) is 2.70. The molecule has 1 aromatic heterocycles. The molecule has 3 aromatic rings. The quantitative estimate of drug-likeness (QED) is 0.428. The topological polar surface area (TPSA) is 101 Å². The Kier molecular flexibility index (Phi) is 5.87. The molecule has 10 heteroatoms. The molecule has 0 spiro atoms. The Morgan fingerprint density at radius 3 is 2.22 bits per heavy atom. The second-order valence-corrected chi connectivity index (χ2v) is 11.2. The van der Waals surface area contributed by atoms with Gasteiger partial charge in [-0.2, -0.15) is 13.1 Å². The predicted molar refractivity (Wildman–Crippen MR) is 122 cm³/mol. The van der Waals surface area contributed by atoms with Gasteiger partial charge >= 0.3 is 0 Å². The summed E-state index contributed by atoms with van der Waals surface area (Å²) in [5.41, 5.74) is 2.25. The average molecular weight is 473 g/mol. The first-order valence-electron chi connectivity index (χ1n) is 10.2. The number of benzene rings is 2. The van der Waals surface area contributed by atoms with E-state index in [1.165, 1.54) is 15.3 Å². The van der Waals surface area contributed by atoms with Crippen molar-refractivity contribution >= 4 is 44.5 Å². The highest BCUT2D eigenvalue weighted by molar-refractivity contribution is 7.89. The molecule has 168 valence electrons. The Hall–Kier alpha value is -2.69. The zero-order valence-electron chi connectivity index (χ0n) is 18.1. The second-order valence-electron chi connectivity index (χ2n) is 8.74. The molecule has 0 aliphatic carbocycles. The third-order valence-corrected chi connectivity index (χ3v) is 8.07. The zero-order chi connectivity index (χ0) is 23.1. The van der Waals surface area contributed by atoms with E-state index in [-0.39, 0.29) is 36.5 Å². The van der Waals surface area contributed by atoms with Gasteiger partial charge in [0.2, 0.25) is 15.8 Å². The summed E-state index contributed by atoms with van der Waals surface area (Å²) in [7, 11) is -3.78. The summed E-state index contributed by atoms with van der Waals surface area (Å²) in [6.07, 6.45) is 0. The Morgan fingerprint density at radius 1 is 0.938 bits per heavy atom. The summed E-state index contributed by atoms with van der Waals surface area (Å²) in [4.78, 5) is 26.9. The maximum absolute atomic E-state index is 13.1. The zero-order valence-corrected chi connectivity index (χ0v) is 19.7. The Bertz CT molecular complexity index is 1270. The number of carbonyl (C=O) groups excluding carboxylic acids is 2. The monoisotopic (exact) mass is 472 g/mol. The minimum Gasteiger partial charge on any atom is -0.333 e. The van der Waals surface area contributed by atoms with Crippen LogP contribution in [0.1, 0.15) is 36.7 Å². The first-order chi connectivity index (χ1) is 15.1. The lowest BCUT2D eigenvalue weighted by Crippen LogP contribution is -2.52. The van der Waals surface area contributed by atoms with Gasteiger partial charge in [0.15, 0.2) is 0 Å². The van der Waals surface area contributed by atoms with Gasteiger partial charge in [0, 0.05) is 31.7 Å². The number of amides is 1. The number of Topliss-reactive ketones (excluding diaryl/α,β-unsaturated/α-hetero) is 1. The highest BCUT2D eigenvalue weighted by Gasteiger charge is 2.33. The van der Waals surface area contributed by atoms with E-state index >= 15 is 0 Å². The number of sulfonamides is 1. The van der Waals surface area contributed by atoms with Crippen LogP contribution >= 0.6 is 11.7 Å². The number of carbonyl (C=O) groups is 2. The molecule has 4 rings (SSSR count). The molecular weight excluding hydrogens is 448 g/mol. The van der Waals surface area contributed by atoms with Crippen molar-refractivity contribution in [1.82, 2.24) is 18.0 Å². The van der Waals surface area contributed by atoms with Gasteiger partial charge in [0.05, 0.1) is 11.7 Å². The Labute approximate surface area is 191 Å². The van der Waals surface area contributed by atoms with Crippen LogP contribution in [-0.4, -0.2) is 64.2 Å². The van der Waals surface area contributed by atoms with E-state index in [0.29, 0.717) is 16.6 Å². The summed E-state index contributed by atoms with van der Waals surface area (Å²) in [5.74, 6) is -1.20. The van der Waals surface area contributed by atoms with Crippen LogP contribution in [0.2, 0.25) is 0 Å². The van der Waals surface area contributed by atoms with Gasteiger partial charge in [-0.15, -0.1) is 0 Å². The summed E-state index contributed by atoms with van der Waals surface area (Å²) >= 11 is 0.964. The number of piperazine rings is 1. The minimum atomic E-state index is -3.78. The highest BCUT2D eigenvalue weighted by atomic mass is 32.2. The van der Waals surface area contributed by atoms with Crippen LogP contribution in [0.5, 0.6) is 0 Å². The van der Waals surface area contributed by atoms with Crippen molar-refractivity contribution < 1.29 is 18.0 Å². The van der Waals surface area contributed by atoms with E-state index in [2.05, 4.69) is 29.5 Å². The third-order valence-electron chi connectivity index (χ3n) is 5.60. The summed E-state index contributed by atoms with van der Waals surface area (Å²) < 4.78 is 35.8. The standard InChI is InChI=1S/C22H24N4O4S2/c1-22(2,3)16-9-7-15(8-10-16)20(27)21(28)25-11-13-26(14-12-25)32(29,30)18-6-4-5-17-19(18)24-31-23-17/h4-10H,11-14H2,1-3H3. The van der Waals surface area contributed by atoms with Gasteiger partial charge in [-0.3, -0.25) is 9.59 Å². The number of nitrogens with zero attached hydrogens (tertiary/aromatic N) is 4. The molecule has 1 saturated heterocycles. The van der Waals surface area contributed by atoms with Crippen molar-refractivity contribution in [3.8, 4) is 0 Å². The molecule has 32 heavy (non-hydrogen) atoms. The average Bonchev–Trinajstić information content (AvgIpc) is 3.26. The van der Waals surface area contributed by atoms with Crippen LogP contribution in [0.3, 0.4) is 0 Å². The van der Waals surface area contributed by atoms with Gasteiger partial charge < -0.3 is 4.90 Å². The van der Waals surface area contributed by atoms with Crippen molar-refractivity contribution in [3.63, 3.8) is 0 Å². The fourth-order valence-electron chi connectivity index (χ4n) is 3.65. The van der Waals surface area contributed by atoms with Crippen molar-refractivity contribution in [2.24, 2.45) is 0 Å². The molecule has 8 nitrogen and oxygen atoms in total. The molecule has 0 N–H and O–H groups in total. The van der Waals surface area contributed by atoms with E-state index in [9.17, 15) is 18.0 Å². The maximum atomic E-state index is 13.1. The molecule has 0 bridgehead atoms. The molecule has 0 saturated carbocycles. The van der Waals surface area contributed by atoms with Gasteiger partial charge in [-0.05, 0) is 23.1 Å². The molecule has 0 unspecified atom stereocenters. The summed E-state index contributed by atoms with van der Waals surface area (Å²) in [6.45, 7) is 6.75. The molecule has 0 atom stereocenters. The van der Waals surface area contributed by atoms with Crippen molar-refractivity contribution in [1.29, 1.82) is 0 Å². The van der Waals surface area contributed by atoms with E-state index in [1.807, 2.05) is 12.1 Å². The highest BCUT2D eigenvalue weighted by Crippen LogP contribution is 2.26. The van der Waals surface area contributed by atoms with Crippen LogP contribution < -0.4 is 0 Å². The first-order valence-corrected chi connectivity index (χ1v) is 12.4. The van der Waals surface area contributed by atoms with E-state index < -0.39 is 21.7 Å². The van der Waals surface area contributed by atoms with Crippen molar-refractivity contribution in [2.75, 3.05) is 26.2 Å². The fraction of sp³-hybridized carbons (Fsp3) is 0.364. The van der Waals surface area contributed by atoms with Gasteiger partial charge in [0.25, 0.3) is 5.91 Å². The number of hydrogen-bond donors (Lipinski definition) is 0. The second kappa shape index (κ2) is 8.34. The van der Waals surface area contributed by atoms with E-state index in [0.717, 1.165) is 17.3 Å². The van der Waals surface area contributed by atoms with Crippen LogP contribution in [-0.2, 0) is 20.2 Å². The van der Waals surface area contributed by atoms with Crippen LogP contribution in [0.4, 0.5) is 0 Å². The molecule has 2 aromatic carbocycles. The molecular formula is C22H24N4O4S2. The van der Waals surface area contributed by atoms with Crippen molar-refractivity contribution in [3.05, 3.63) is 53.6 Å². The van der Waals surface area contributed by atoms with Crippen molar-refractivity contribution in [2.45, 2.75) is 31.1 Å². The smallest absolute Gasteiger partial charge is 0.295 e. The molecule has 0 radical (unpaired) electrons. The lowest BCUT2D eigenvalue weighted by Gasteiger charge is -2.33. The number of aromatic nitrogens is 2.